The summed E-state index contributed by atoms with van der Waals surface area (Å²) in [6.07, 6.45) is 27.8. The van der Waals surface area contributed by atoms with Crippen molar-refractivity contribution in [3.8, 4) is 0 Å². The molecule has 0 heterocycles. The molecule has 0 aliphatic heterocycles. The molecule has 0 aromatic heterocycles. The standard InChI is InChI=1S/C31H66O2Si/c1-7-13-14-15-16-17-18-19-20-21-22-23-24-25-26-29-32-34(11-5,12-6)33-31(10-4)28-27-30(8-2)9-3/h30-31H,7-29H2,1-6H3. The molecule has 0 aromatic carbocycles. The Morgan fingerprint density at radius 2 is 0.941 bits per heavy atom. The largest absolute Gasteiger partial charge is 0.394 e. The van der Waals surface area contributed by atoms with E-state index in [1.165, 1.54) is 122 Å². The summed E-state index contributed by atoms with van der Waals surface area (Å²) in [5.74, 6) is 0.859. The molecule has 0 aromatic rings. The van der Waals surface area contributed by atoms with Gasteiger partial charge in [0.2, 0.25) is 0 Å². The van der Waals surface area contributed by atoms with Crippen molar-refractivity contribution < 1.29 is 8.85 Å². The molecule has 1 atom stereocenters. The molecule has 0 spiro atoms. The molecule has 1 unspecified atom stereocenters. The van der Waals surface area contributed by atoms with Crippen molar-refractivity contribution >= 4 is 8.56 Å². The summed E-state index contributed by atoms with van der Waals surface area (Å²) in [4.78, 5) is 0. The fourth-order valence-corrected chi connectivity index (χ4v) is 7.87. The van der Waals surface area contributed by atoms with Crippen LogP contribution in [0.2, 0.25) is 12.1 Å². The van der Waals surface area contributed by atoms with E-state index >= 15 is 0 Å². The van der Waals surface area contributed by atoms with Crippen LogP contribution in [-0.2, 0) is 8.85 Å². The molecular weight excluding hydrogens is 432 g/mol. The minimum absolute atomic E-state index is 0.397. The smallest absolute Gasteiger partial charge is 0.337 e. The van der Waals surface area contributed by atoms with E-state index in [0.29, 0.717) is 6.10 Å². The Balaban J connectivity index is 3.83. The van der Waals surface area contributed by atoms with Gasteiger partial charge in [-0.05, 0) is 43.7 Å². The third-order valence-electron chi connectivity index (χ3n) is 8.08. The van der Waals surface area contributed by atoms with Crippen LogP contribution in [0.25, 0.3) is 0 Å². The Bertz CT molecular complexity index is 393. The first-order valence-corrected chi connectivity index (χ1v) is 18.2. The van der Waals surface area contributed by atoms with Gasteiger partial charge in [0.05, 0.1) is 0 Å². The van der Waals surface area contributed by atoms with E-state index < -0.39 is 8.56 Å². The van der Waals surface area contributed by atoms with Gasteiger partial charge >= 0.3 is 8.56 Å². The summed E-state index contributed by atoms with van der Waals surface area (Å²) in [5, 5.41) is 0. The molecule has 0 saturated heterocycles. The first-order chi connectivity index (χ1) is 16.6. The highest BCUT2D eigenvalue weighted by molar-refractivity contribution is 6.67. The molecule has 3 heteroatoms. The first kappa shape index (κ1) is 34.1. The lowest BCUT2D eigenvalue weighted by Crippen LogP contribution is -2.44. The Kier molecular flexibility index (Phi) is 24.9. The number of unbranched alkanes of at least 4 members (excludes halogenated alkanes) is 14. The average Bonchev–Trinajstić information content (AvgIpc) is 2.87. The third kappa shape index (κ3) is 18.4. The molecule has 0 aliphatic rings. The zero-order chi connectivity index (χ0) is 25.3. The van der Waals surface area contributed by atoms with Crippen molar-refractivity contribution in [2.24, 2.45) is 5.92 Å². The van der Waals surface area contributed by atoms with E-state index in [1.54, 1.807) is 0 Å². The SMILES string of the molecule is CCCCCCCCCCCCCCCCCO[Si](CC)(CC)OC(CC)CCC(CC)CC. The molecule has 34 heavy (non-hydrogen) atoms. The van der Waals surface area contributed by atoms with E-state index in [9.17, 15) is 0 Å². The van der Waals surface area contributed by atoms with E-state index in [0.717, 1.165) is 31.0 Å². The van der Waals surface area contributed by atoms with Gasteiger partial charge in [-0.3, -0.25) is 0 Å². The summed E-state index contributed by atoms with van der Waals surface area (Å²) in [7, 11) is -2.03. The van der Waals surface area contributed by atoms with E-state index in [-0.39, 0.29) is 0 Å². The van der Waals surface area contributed by atoms with Crippen LogP contribution in [0.3, 0.4) is 0 Å². The zero-order valence-corrected chi connectivity index (χ0v) is 25.7. The number of hydrogen-bond donors (Lipinski definition) is 0. The number of hydrogen-bond acceptors (Lipinski definition) is 2. The second-order valence-corrected chi connectivity index (χ2v) is 14.6. The summed E-state index contributed by atoms with van der Waals surface area (Å²) >= 11 is 0. The molecule has 0 amide bonds. The molecule has 0 fully saturated rings. The quantitative estimate of drug-likeness (QED) is 0.0827. The monoisotopic (exact) mass is 498 g/mol. The molecule has 2 nitrogen and oxygen atoms in total. The Hall–Kier alpha value is 0.137. The fourth-order valence-electron chi connectivity index (χ4n) is 5.16. The summed E-state index contributed by atoms with van der Waals surface area (Å²) in [5.41, 5.74) is 0. The molecule has 206 valence electrons. The predicted octanol–water partition coefficient (Wildman–Crippen LogP) is 11.4. The minimum atomic E-state index is -2.03. The maximum Gasteiger partial charge on any atom is 0.337 e. The molecule has 0 saturated carbocycles. The van der Waals surface area contributed by atoms with Crippen LogP contribution in [0.5, 0.6) is 0 Å². The van der Waals surface area contributed by atoms with Crippen LogP contribution in [0.1, 0.15) is 170 Å². The van der Waals surface area contributed by atoms with Crippen LogP contribution >= 0.6 is 0 Å². The highest BCUT2D eigenvalue weighted by atomic mass is 28.4. The third-order valence-corrected chi connectivity index (χ3v) is 11.7. The van der Waals surface area contributed by atoms with E-state index in [1.807, 2.05) is 0 Å². The summed E-state index contributed by atoms with van der Waals surface area (Å²) in [6, 6.07) is 2.17. The summed E-state index contributed by atoms with van der Waals surface area (Å²) < 4.78 is 13.3. The summed E-state index contributed by atoms with van der Waals surface area (Å²) in [6.45, 7) is 14.7. The topological polar surface area (TPSA) is 18.5 Å². The lowest BCUT2D eigenvalue weighted by atomic mass is 9.95. The second-order valence-electron chi connectivity index (χ2n) is 10.8. The van der Waals surface area contributed by atoms with Gasteiger partial charge in [-0.25, -0.2) is 0 Å². The van der Waals surface area contributed by atoms with Crippen molar-refractivity contribution in [2.75, 3.05) is 6.61 Å². The van der Waals surface area contributed by atoms with Gasteiger partial charge < -0.3 is 8.85 Å². The average molecular weight is 499 g/mol. The Morgan fingerprint density at radius 1 is 0.500 bits per heavy atom. The van der Waals surface area contributed by atoms with Gasteiger partial charge in [-0.15, -0.1) is 0 Å². The first-order valence-electron chi connectivity index (χ1n) is 15.9. The highest BCUT2D eigenvalue weighted by Crippen LogP contribution is 2.26. The highest BCUT2D eigenvalue weighted by Gasteiger charge is 2.36. The lowest BCUT2D eigenvalue weighted by Gasteiger charge is -2.33. The van der Waals surface area contributed by atoms with Gasteiger partial charge in [-0.2, -0.15) is 0 Å². The zero-order valence-electron chi connectivity index (χ0n) is 24.7. The van der Waals surface area contributed by atoms with Crippen LogP contribution in [0.4, 0.5) is 0 Å². The Morgan fingerprint density at radius 3 is 1.32 bits per heavy atom. The van der Waals surface area contributed by atoms with Crippen molar-refractivity contribution in [1.82, 2.24) is 0 Å². The maximum atomic E-state index is 6.77. The van der Waals surface area contributed by atoms with Crippen LogP contribution < -0.4 is 0 Å². The van der Waals surface area contributed by atoms with Crippen molar-refractivity contribution in [3.63, 3.8) is 0 Å². The predicted molar refractivity (Wildman–Crippen MR) is 156 cm³/mol. The van der Waals surface area contributed by atoms with Gasteiger partial charge in [0, 0.05) is 12.7 Å². The molecule has 0 radical (unpaired) electrons. The van der Waals surface area contributed by atoms with Gasteiger partial charge in [0.15, 0.2) is 0 Å². The van der Waals surface area contributed by atoms with Gasteiger partial charge in [0.25, 0.3) is 0 Å². The molecule has 0 N–H and O–H groups in total. The van der Waals surface area contributed by atoms with Crippen molar-refractivity contribution in [2.45, 2.75) is 188 Å². The van der Waals surface area contributed by atoms with Crippen molar-refractivity contribution in [1.29, 1.82) is 0 Å². The van der Waals surface area contributed by atoms with Crippen LogP contribution in [-0.4, -0.2) is 21.3 Å². The maximum absolute atomic E-state index is 6.77. The van der Waals surface area contributed by atoms with E-state index in [2.05, 4.69) is 41.5 Å². The molecule has 0 rings (SSSR count). The minimum Gasteiger partial charge on any atom is -0.394 e. The molecule has 0 aliphatic carbocycles. The van der Waals surface area contributed by atoms with Gasteiger partial charge in [-0.1, -0.05) is 144 Å². The molecule has 0 bridgehead atoms. The van der Waals surface area contributed by atoms with Crippen LogP contribution in [0.15, 0.2) is 0 Å². The lowest BCUT2D eigenvalue weighted by molar-refractivity contribution is 0.0971. The van der Waals surface area contributed by atoms with Crippen LogP contribution in [0, 0.1) is 5.92 Å². The van der Waals surface area contributed by atoms with E-state index in [4.69, 9.17) is 8.85 Å². The number of rotatable bonds is 27. The normalized spacial score (nSPS) is 13.1. The van der Waals surface area contributed by atoms with Gasteiger partial charge in [0.1, 0.15) is 0 Å². The Labute approximate surface area is 218 Å². The second kappa shape index (κ2) is 24.8. The fraction of sp³-hybridized carbons (Fsp3) is 1.00. The van der Waals surface area contributed by atoms with Crippen molar-refractivity contribution in [3.05, 3.63) is 0 Å². The molecular formula is C31H66O2Si.